The number of hydrogen-bond donors (Lipinski definition) is 2. The van der Waals surface area contributed by atoms with Crippen molar-refractivity contribution in [3.63, 3.8) is 0 Å². The van der Waals surface area contributed by atoms with E-state index >= 15 is 0 Å². The molecular formula is C35H35NO7. The third-order valence-electron chi connectivity index (χ3n) is 7.58. The van der Waals surface area contributed by atoms with Gasteiger partial charge in [-0.15, -0.1) is 0 Å². The summed E-state index contributed by atoms with van der Waals surface area (Å²) in [5.41, 5.74) is 1.97. The monoisotopic (exact) mass is 581 g/mol. The van der Waals surface area contributed by atoms with Crippen LogP contribution in [0.4, 0.5) is 0 Å². The van der Waals surface area contributed by atoms with Crippen LogP contribution in [0.25, 0.3) is 0 Å². The number of carbonyl (C=O) groups is 2. The number of aliphatic hydroxyl groups is 1. The van der Waals surface area contributed by atoms with E-state index in [4.69, 9.17) is 18.9 Å². The standard InChI is InChI=1S/C35H35NO7/c1-24(37)42-31-29(43-34(39)30(32(31)40-2)36-33(38)25-15-7-3-8-16-25)23-41-35(26-17-9-4-10-18-26,27-19-11-5-12-20-27)28-21-13-6-14-22-28/h3-22,29-32,34,39H,23H2,1-2H3,(H,36,38). The van der Waals surface area contributed by atoms with E-state index in [0.29, 0.717) is 5.56 Å². The normalized spacial score (nSPS) is 22.0. The van der Waals surface area contributed by atoms with Crippen molar-refractivity contribution < 1.29 is 33.6 Å². The summed E-state index contributed by atoms with van der Waals surface area (Å²) in [5.74, 6) is -0.992. The molecule has 0 aromatic heterocycles. The van der Waals surface area contributed by atoms with Crippen molar-refractivity contribution in [3.8, 4) is 0 Å². The molecule has 8 heteroatoms. The molecule has 1 amide bonds. The van der Waals surface area contributed by atoms with E-state index in [1.165, 1.54) is 14.0 Å². The Morgan fingerprint density at radius 2 is 1.23 bits per heavy atom. The molecule has 5 unspecified atom stereocenters. The number of methoxy groups -OCH3 is 1. The lowest BCUT2D eigenvalue weighted by molar-refractivity contribution is -0.268. The summed E-state index contributed by atoms with van der Waals surface area (Å²) in [5, 5.41) is 13.9. The number of ether oxygens (including phenoxy) is 4. The van der Waals surface area contributed by atoms with Gasteiger partial charge in [0.1, 0.15) is 23.9 Å². The second kappa shape index (κ2) is 13.8. The first-order chi connectivity index (χ1) is 20.9. The molecule has 1 aliphatic heterocycles. The van der Waals surface area contributed by atoms with Crippen LogP contribution in [0.15, 0.2) is 121 Å². The minimum absolute atomic E-state index is 0.0904. The van der Waals surface area contributed by atoms with E-state index in [1.54, 1.807) is 30.3 Å². The highest BCUT2D eigenvalue weighted by Gasteiger charge is 2.50. The minimum atomic E-state index is -1.47. The summed E-state index contributed by atoms with van der Waals surface area (Å²) in [6.07, 6.45) is -4.36. The highest BCUT2D eigenvalue weighted by molar-refractivity contribution is 5.94. The molecule has 1 fully saturated rings. The van der Waals surface area contributed by atoms with E-state index < -0.39 is 48.1 Å². The van der Waals surface area contributed by atoms with Gasteiger partial charge in [-0.3, -0.25) is 9.59 Å². The Kier molecular flexibility index (Phi) is 9.64. The van der Waals surface area contributed by atoms with Crippen LogP contribution >= 0.6 is 0 Å². The van der Waals surface area contributed by atoms with Gasteiger partial charge in [-0.2, -0.15) is 0 Å². The molecule has 43 heavy (non-hydrogen) atoms. The van der Waals surface area contributed by atoms with Crippen molar-refractivity contribution in [1.29, 1.82) is 0 Å². The Bertz CT molecular complexity index is 1370. The predicted molar refractivity (Wildman–Crippen MR) is 160 cm³/mol. The molecule has 1 aliphatic rings. The largest absolute Gasteiger partial charge is 0.457 e. The molecule has 0 aliphatic carbocycles. The smallest absolute Gasteiger partial charge is 0.303 e. The van der Waals surface area contributed by atoms with Gasteiger partial charge in [-0.25, -0.2) is 0 Å². The van der Waals surface area contributed by atoms with E-state index in [0.717, 1.165) is 16.7 Å². The number of benzene rings is 4. The van der Waals surface area contributed by atoms with Crippen LogP contribution in [-0.2, 0) is 29.3 Å². The number of carbonyl (C=O) groups excluding carboxylic acids is 2. The van der Waals surface area contributed by atoms with Crippen LogP contribution in [0.2, 0.25) is 0 Å². The highest BCUT2D eigenvalue weighted by atomic mass is 16.7. The molecule has 4 aromatic rings. The maximum absolute atomic E-state index is 13.0. The number of nitrogens with one attached hydrogen (secondary N) is 1. The van der Waals surface area contributed by atoms with Crippen molar-refractivity contribution in [1.82, 2.24) is 5.32 Å². The fraction of sp³-hybridized carbons (Fsp3) is 0.257. The molecule has 0 bridgehead atoms. The van der Waals surface area contributed by atoms with E-state index in [9.17, 15) is 14.7 Å². The van der Waals surface area contributed by atoms with Gasteiger partial charge >= 0.3 is 5.97 Å². The topological polar surface area (TPSA) is 103 Å². The molecule has 5 rings (SSSR count). The first-order valence-electron chi connectivity index (χ1n) is 14.1. The van der Waals surface area contributed by atoms with Gasteiger partial charge in [0, 0.05) is 19.6 Å². The Morgan fingerprint density at radius 1 is 0.767 bits per heavy atom. The Hall–Kier alpha value is -4.34. The van der Waals surface area contributed by atoms with E-state index in [1.807, 2.05) is 91.0 Å². The summed E-state index contributed by atoms with van der Waals surface area (Å²) in [7, 11) is 1.43. The lowest BCUT2D eigenvalue weighted by Gasteiger charge is -2.45. The summed E-state index contributed by atoms with van der Waals surface area (Å²) in [4.78, 5) is 25.3. The van der Waals surface area contributed by atoms with Gasteiger partial charge in [0.05, 0.1) is 6.61 Å². The van der Waals surface area contributed by atoms with Crippen molar-refractivity contribution in [2.24, 2.45) is 0 Å². The van der Waals surface area contributed by atoms with Crippen LogP contribution in [0.3, 0.4) is 0 Å². The Morgan fingerprint density at radius 3 is 1.67 bits per heavy atom. The van der Waals surface area contributed by atoms with Crippen molar-refractivity contribution >= 4 is 11.9 Å². The zero-order valence-electron chi connectivity index (χ0n) is 24.0. The van der Waals surface area contributed by atoms with Crippen LogP contribution in [0.5, 0.6) is 0 Å². The lowest BCUT2D eigenvalue weighted by Crippen LogP contribution is -2.65. The van der Waals surface area contributed by atoms with Crippen LogP contribution in [0.1, 0.15) is 34.0 Å². The van der Waals surface area contributed by atoms with Gasteiger partial charge in [0.2, 0.25) is 0 Å². The first-order valence-corrected chi connectivity index (χ1v) is 14.1. The van der Waals surface area contributed by atoms with Crippen molar-refractivity contribution in [2.75, 3.05) is 13.7 Å². The molecule has 0 saturated carbocycles. The van der Waals surface area contributed by atoms with Crippen molar-refractivity contribution in [2.45, 2.75) is 43.2 Å². The van der Waals surface area contributed by atoms with Gasteiger partial charge in [-0.05, 0) is 28.8 Å². The molecule has 0 radical (unpaired) electrons. The fourth-order valence-corrected chi connectivity index (χ4v) is 5.62. The quantitative estimate of drug-likeness (QED) is 0.211. The molecular weight excluding hydrogens is 546 g/mol. The Balaban J connectivity index is 1.50. The summed E-state index contributed by atoms with van der Waals surface area (Å²) in [6.45, 7) is 1.20. The van der Waals surface area contributed by atoms with Gasteiger partial charge < -0.3 is 29.4 Å². The third-order valence-corrected chi connectivity index (χ3v) is 7.58. The molecule has 0 spiro atoms. The second-order valence-corrected chi connectivity index (χ2v) is 10.3. The first kappa shape index (κ1) is 30.1. The molecule has 4 aromatic carbocycles. The van der Waals surface area contributed by atoms with Crippen LogP contribution in [-0.4, -0.2) is 61.3 Å². The SMILES string of the molecule is COC1C(NC(=O)c2ccccc2)C(O)OC(COC(c2ccccc2)(c2ccccc2)c2ccccc2)C1OC(C)=O. The summed E-state index contributed by atoms with van der Waals surface area (Å²) >= 11 is 0. The van der Waals surface area contributed by atoms with Gasteiger partial charge in [0.25, 0.3) is 5.91 Å². The average Bonchev–Trinajstić information content (AvgIpc) is 3.05. The zero-order valence-corrected chi connectivity index (χ0v) is 24.0. The van der Waals surface area contributed by atoms with E-state index in [2.05, 4.69) is 5.32 Å². The number of amides is 1. The lowest BCUT2D eigenvalue weighted by atomic mass is 9.80. The number of esters is 1. The summed E-state index contributed by atoms with van der Waals surface area (Å²) in [6, 6.07) is 37.0. The minimum Gasteiger partial charge on any atom is -0.457 e. The molecule has 222 valence electrons. The predicted octanol–water partition coefficient (Wildman–Crippen LogP) is 4.46. The molecule has 8 nitrogen and oxygen atoms in total. The zero-order chi connectivity index (χ0) is 30.2. The van der Waals surface area contributed by atoms with Crippen LogP contribution < -0.4 is 5.32 Å². The van der Waals surface area contributed by atoms with Gasteiger partial charge in [0.15, 0.2) is 12.4 Å². The summed E-state index contributed by atoms with van der Waals surface area (Å²) < 4.78 is 24.4. The molecule has 1 saturated heterocycles. The van der Waals surface area contributed by atoms with Gasteiger partial charge in [-0.1, -0.05) is 109 Å². The fourth-order valence-electron chi connectivity index (χ4n) is 5.62. The molecule has 2 N–H and O–H groups in total. The third kappa shape index (κ3) is 6.53. The maximum atomic E-state index is 13.0. The van der Waals surface area contributed by atoms with Crippen LogP contribution in [0, 0.1) is 0 Å². The number of aliphatic hydroxyl groups excluding tert-OH is 1. The number of rotatable bonds is 10. The van der Waals surface area contributed by atoms with E-state index in [-0.39, 0.29) is 6.61 Å². The Labute approximate surface area is 251 Å². The molecule has 1 heterocycles. The van der Waals surface area contributed by atoms with Crippen molar-refractivity contribution in [3.05, 3.63) is 144 Å². The number of hydrogen-bond acceptors (Lipinski definition) is 7. The highest BCUT2D eigenvalue weighted by Crippen LogP contribution is 2.41. The maximum Gasteiger partial charge on any atom is 0.303 e. The second-order valence-electron chi connectivity index (χ2n) is 10.3. The average molecular weight is 582 g/mol. The molecule has 5 atom stereocenters.